The van der Waals surface area contributed by atoms with E-state index in [-0.39, 0.29) is 5.69 Å². The van der Waals surface area contributed by atoms with Gasteiger partial charge in [0.05, 0.1) is 5.69 Å². The molecule has 0 aliphatic carbocycles. The van der Waals surface area contributed by atoms with Gasteiger partial charge in [0.25, 0.3) is 0 Å². The molecule has 0 aromatic carbocycles. The highest BCUT2D eigenvalue weighted by molar-refractivity contribution is 6.75. The predicted molar refractivity (Wildman–Crippen MR) is 73.3 cm³/mol. The van der Waals surface area contributed by atoms with Crippen LogP contribution in [0.2, 0.25) is 0 Å². The van der Waals surface area contributed by atoms with Crippen molar-refractivity contribution < 1.29 is 0 Å². The van der Waals surface area contributed by atoms with Gasteiger partial charge in [-0.1, -0.05) is 76.6 Å². The van der Waals surface area contributed by atoms with Gasteiger partial charge in [-0.25, -0.2) is 4.68 Å². The van der Waals surface area contributed by atoms with E-state index in [1.807, 2.05) is 0 Å². The number of hydrogen-bond donors (Lipinski definition) is 0. The zero-order chi connectivity index (χ0) is 13.3. The molecule has 8 heteroatoms. The minimum Gasteiger partial charge on any atom is -0.249 e. The zero-order valence-electron chi connectivity index (χ0n) is 9.35. The number of unbranched alkanes of at least 4 members (excludes halogenated alkanes) is 1. The lowest BCUT2D eigenvalue weighted by molar-refractivity contribution is 0.542. The van der Waals surface area contributed by atoms with Gasteiger partial charge in [-0.05, 0) is 13.3 Å². The molecule has 17 heavy (non-hydrogen) atoms. The van der Waals surface area contributed by atoms with Crippen LogP contribution in [-0.2, 0) is 10.9 Å². The van der Waals surface area contributed by atoms with E-state index >= 15 is 0 Å². The Bertz CT molecular complexity index is 382. The van der Waals surface area contributed by atoms with E-state index in [1.54, 1.807) is 11.6 Å². The summed E-state index contributed by atoms with van der Waals surface area (Å²) in [6.45, 7) is 4.61. The molecule has 0 atom stereocenters. The highest BCUT2D eigenvalue weighted by atomic mass is 35.6. The first-order valence-electron chi connectivity index (χ1n) is 5.07. The number of halogens is 5. The fraction of sp³-hybridized carbons (Fsp3) is 0.778. The molecule has 0 unspecified atom stereocenters. The first kappa shape index (κ1) is 15.6. The number of nitrogens with zero attached hydrogens (tertiary/aromatic N) is 3. The van der Waals surface area contributed by atoms with E-state index in [4.69, 9.17) is 58.0 Å². The fourth-order valence-electron chi connectivity index (χ4n) is 1.30. The predicted octanol–water partition coefficient (Wildman–Crippen LogP) is 4.39. The first-order valence-corrected chi connectivity index (χ1v) is 6.96. The third-order valence-corrected chi connectivity index (χ3v) is 4.72. The minimum atomic E-state index is -1.87. The lowest BCUT2D eigenvalue weighted by atomic mass is 10.2. The summed E-state index contributed by atoms with van der Waals surface area (Å²) in [7, 11) is 0. The molecule has 3 nitrogen and oxygen atoms in total. The second kappa shape index (κ2) is 5.70. The molecule has 0 amide bonds. The summed E-state index contributed by atoms with van der Waals surface area (Å²) in [5.41, 5.74) is 0.978. The number of hydrogen-bond acceptors (Lipinski definition) is 2. The van der Waals surface area contributed by atoms with Crippen molar-refractivity contribution in [3.8, 4) is 0 Å². The molecular formula is C9H12Cl5N3. The van der Waals surface area contributed by atoms with Crippen LogP contribution in [0.25, 0.3) is 0 Å². The second-order valence-electron chi connectivity index (χ2n) is 3.67. The summed E-state index contributed by atoms with van der Waals surface area (Å²) in [6, 6.07) is 0. The van der Waals surface area contributed by atoms with Gasteiger partial charge in [0.15, 0.2) is 0 Å². The molecule has 0 aliphatic rings. The Morgan fingerprint density at radius 1 is 1.18 bits per heavy atom. The normalized spacial score (nSPS) is 13.1. The maximum absolute atomic E-state index is 6.04. The molecule has 1 aromatic heterocycles. The number of alkyl halides is 5. The molecular weight excluding hydrogens is 327 g/mol. The van der Waals surface area contributed by atoms with Crippen LogP contribution in [0, 0.1) is 6.92 Å². The van der Waals surface area contributed by atoms with Crippen molar-refractivity contribution in [3.63, 3.8) is 0 Å². The number of aryl methyl sites for hydroxylation is 1. The van der Waals surface area contributed by atoms with Crippen LogP contribution in [0.4, 0.5) is 0 Å². The van der Waals surface area contributed by atoms with Crippen LogP contribution in [0.15, 0.2) is 0 Å². The van der Waals surface area contributed by atoms with E-state index in [0.29, 0.717) is 5.69 Å². The van der Waals surface area contributed by atoms with Crippen LogP contribution in [-0.4, -0.2) is 18.8 Å². The lowest BCUT2D eigenvalue weighted by Crippen LogP contribution is -2.29. The van der Waals surface area contributed by atoms with Crippen LogP contribution in [0.3, 0.4) is 0 Å². The summed E-state index contributed by atoms with van der Waals surface area (Å²) in [5.74, 6) is 0. The molecule has 0 saturated carbocycles. The third kappa shape index (κ3) is 3.32. The Kier molecular flexibility index (Phi) is 5.25. The smallest absolute Gasteiger partial charge is 0.228 e. The molecule has 1 heterocycles. The maximum Gasteiger partial charge on any atom is 0.228 e. The Labute approximate surface area is 125 Å². The van der Waals surface area contributed by atoms with Crippen LogP contribution in [0.1, 0.15) is 31.2 Å². The van der Waals surface area contributed by atoms with Crippen molar-refractivity contribution in [3.05, 3.63) is 11.4 Å². The molecule has 98 valence electrons. The summed E-state index contributed by atoms with van der Waals surface area (Å²) in [6.07, 6.45) is 2.03. The zero-order valence-corrected chi connectivity index (χ0v) is 13.1. The quantitative estimate of drug-likeness (QED) is 0.762. The van der Waals surface area contributed by atoms with Crippen molar-refractivity contribution in [2.24, 2.45) is 0 Å². The van der Waals surface area contributed by atoms with Crippen molar-refractivity contribution in [1.29, 1.82) is 0 Å². The Morgan fingerprint density at radius 2 is 1.76 bits per heavy atom. The molecule has 1 aromatic rings. The summed E-state index contributed by atoms with van der Waals surface area (Å²) < 4.78 is -1.88. The lowest BCUT2D eigenvalue weighted by Gasteiger charge is -2.25. The largest absolute Gasteiger partial charge is 0.249 e. The summed E-state index contributed by atoms with van der Waals surface area (Å²) >= 11 is 29.3. The highest BCUT2D eigenvalue weighted by Gasteiger charge is 2.50. The van der Waals surface area contributed by atoms with Gasteiger partial charge in [0, 0.05) is 6.54 Å². The maximum atomic E-state index is 6.04. The molecule has 1 rings (SSSR count). The fourth-order valence-corrected chi connectivity index (χ4v) is 1.92. The van der Waals surface area contributed by atoms with E-state index < -0.39 is 8.13 Å². The number of rotatable bonds is 4. The van der Waals surface area contributed by atoms with Crippen LogP contribution in [0.5, 0.6) is 0 Å². The van der Waals surface area contributed by atoms with Gasteiger partial charge in [-0.2, -0.15) is 0 Å². The minimum absolute atomic E-state index is 0.275. The molecule has 0 bridgehead atoms. The van der Waals surface area contributed by atoms with E-state index in [0.717, 1.165) is 19.4 Å². The molecule has 0 N–H and O–H groups in total. The van der Waals surface area contributed by atoms with Crippen LogP contribution < -0.4 is 0 Å². The van der Waals surface area contributed by atoms with Gasteiger partial charge in [0.2, 0.25) is 8.13 Å². The van der Waals surface area contributed by atoms with Gasteiger partial charge in [-0.3, -0.25) is 0 Å². The van der Waals surface area contributed by atoms with Gasteiger partial charge >= 0.3 is 0 Å². The third-order valence-electron chi connectivity index (χ3n) is 2.36. The second-order valence-corrected chi connectivity index (χ2v) is 7.28. The average molecular weight is 339 g/mol. The van der Waals surface area contributed by atoms with Crippen molar-refractivity contribution in [1.82, 2.24) is 15.0 Å². The highest BCUT2D eigenvalue weighted by Crippen LogP contribution is 2.52. The van der Waals surface area contributed by atoms with E-state index in [9.17, 15) is 0 Å². The van der Waals surface area contributed by atoms with Gasteiger partial charge < -0.3 is 0 Å². The first-order chi connectivity index (χ1) is 7.71. The Balaban J connectivity index is 3.04. The van der Waals surface area contributed by atoms with Crippen molar-refractivity contribution >= 4 is 58.0 Å². The number of aromatic nitrogens is 3. The molecule has 0 radical (unpaired) electrons. The van der Waals surface area contributed by atoms with Gasteiger partial charge in [0.1, 0.15) is 5.69 Å². The molecule has 0 saturated heterocycles. The standard InChI is InChI=1S/C9H12Cl5N3/c1-3-4-5-17-6(2)7(15-16-17)8(10,11)9(12,13)14/h3-5H2,1-2H3. The van der Waals surface area contributed by atoms with Crippen molar-refractivity contribution in [2.75, 3.05) is 0 Å². The topological polar surface area (TPSA) is 30.7 Å². The van der Waals surface area contributed by atoms with Crippen molar-refractivity contribution in [2.45, 2.75) is 41.4 Å². The van der Waals surface area contributed by atoms with Gasteiger partial charge in [-0.15, -0.1) is 5.10 Å². The monoisotopic (exact) mass is 337 g/mol. The summed E-state index contributed by atoms with van der Waals surface area (Å²) in [4.78, 5) is 0. The van der Waals surface area contributed by atoms with Crippen LogP contribution >= 0.6 is 58.0 Å². The SMILES string of the molecule is CCCCn1nnc(C(Cl)(Cl)C(Cl)(Cl)Cl)c1C. The Morgan fingerprint density at radius 3 is 2.24 bits per heavy atom. The Hall–Kier alpha value is 0.590. The average Bonchev–Trinajstić information content (AvgIpc) is 2.55. The van der Waals surface area contributed by atoms with E-state index in [1.165, 1.54) is 0 Å². The molecule has 0 spiro atoms. The van der Waals surface area contributed by atoms with E-state index in [2.05, 4.69) is 17.2 Å². The molecule has 0 aliphatic heterocycles. The molecule has 0 fully saturated rings. The summed E-state index contributed by atoms with van der Waals surface area (Å²) in [5, 5.41) is 7.86.